The molecule has 5 heteroatoms. The SMILES string of the molecule is Cc1cccc(CN(C)CCOC(c2cccs2)c2ccnn2C)c1. The molecule has 0 saturated carbocycles. The van der Waals surface area contributed by atoms with E-state index in [0.717, 1.165) is 18.8 Å². The van der Waals surface area contributed by atoms with Gasteiger partial charge in [-0.15, -0.1) is 11.3 Å². The lowest BCUT2D eigenvalue weighted by atomic mass is 10.1. The van der Waals surface area contributed by atoms with Crippen LogP contribution < -0.4 is 0 Å². The number of aromatic nitrogens is 2. The molecule has 0 bridgehead atoms. The highest BCUT2D eigenvalue weighted by Gasteiger charge is 2.19. The van der Waals surface area contributed by atoms with Crippen LogP contribution in [0.25, 0.3) is 0 Å². The van der Waals surface area contributed by atoms with Gasteiger partial charge in [0.1, 0.15) is 6.10 Å². The van der Waals surface area contributed by atoms with Gasteiger partial charge in [-0.05, 0) is 37.0 Å². The lowest BCUT2D eigenvalue weighted by Crippen LogP contribution is -2.24. The van der Waals surface area contributed by atoms with E-state index in [1.54, 1.807) is 11.3 Å². The fourth-order valence-electron chi connectivity index (χ4n) is 2.92. The Balaban J connectivity index is 1.57. The highest BCUT2D eigenvalue weighted by molar-refractivity contribution is 7.10. The van der Waals surface area contributed by atoms with Gasteiger partial charge < -0.3 is 4.74 Å². The summed E-state index contributed by atoms with van der Waals surface area (Å²) in [4.78, 5) is 3.51. The van der Waals surface area contributed by atoms with Crippen molar-refractivity contribution in [2.75, 3.05) is 20.2 Å². The van der Waals surface area contributed by atoms with Crippen LogP contribution in [0.1, 0.15) is 27.8 Å². The molecular formula is C20H25N3OS. The first-order valence-electron chi connectivity index (χ1n) is 8.50. The molecule has 3 aromatic rings. The van der Waals surface area contributed by atoms with E-state index in [1.165, 1.54) is 16.0 Å². The fourth-order valence-corrected chi connectivity index (χ4v) is 3.71. The van der Waals surface area contributed by atoms with E-state index < -0.39 is 0 Å². The number of aryl methyl sites for hydroxylation is 2. The molecule has 1 atom stereocenters. The summed E-state index contributed by atoms with van der Waals surface area (Å²) in [5.74, 6) is 0. The van der Waals surface area contributed by atoms with Gasteiger partial charge >= 0.3 is 0 Å². The summed E-state index contributed by atoms with van der Waals surface area (Å²) < 4.78 is 8.14. The Morgan fingerprint density at radius 2 is 2.12 bits per heavy atom. The van der Waals surface area contributed by atoms with Gasteiger partial charge in [0.05, 0.1) is 12.3 Å². The molecule has 0 aliphatic rings. The summed E-state index contributed by atoms with van der Waals surface area (Å²) in [7, 11) is 4.10. The van der Waals surface area contributed by atoms with E-state index in [0.29, 0.717) is 6.61 Å². The zero-order valence-electron chi connectivity index (χ0n) is 15.1. The maximum atomic E-state index is 6.25. The maximum Gasteiger partial charge on any atom is 0.133 e. The van der Waals surface area contributed by atoms with E-state index in [9.17, 15) is 0 Å². The minimum absolute atomic E-state index is 0.0557. The molecule has 0 saturated heterocycles. The second kappa shape index (κ2) is 8.43. The summed E-state index contributed by atoms with van der Waals surface area (Å²) in [5.41, 5.74) is 3.73. The van der Waals surface area contributed by atoms with E-state index >= 15 is 0 Å². The molecule has 0 spiro atoms. The minimum atomic E-state index is -0.0557. The number of hydrogen-bond acceptors (Lipinski definition) is 4. The molecule has 3 rings (SSSR count). The topological polar surface area (TPSA) is 30.3 Å². The van der Waals surface area contributed by atoms with Crippen molar-refractivity contribution in [1.82, 2.24) is 14.7 Å². The molecule has 2 heterocycles. The lowest BCUT2D eigenvalue weighted by Gasteiger charge is -2.21. The van der Waals surface area contributed by atoms with Crippen molar-refractivity contribution in [2.24, 2.45) is 7.05 Å². The zero-order chi connectivity index (χ0) is 17.6. The number of rotatable bonds is 8. The quantitative estimate of drug-likeness (QED) is 0.611. The number of thiophene rings is 1. The van der Waals surface area contributed by atoms with Crippen molar-refractivity contribution < 1.29 is 4.74 Å². The second-order valence-electron chi connectivity index (χ2n) is 6.37. The van der Waals surface area contributed by atoms with Crippen molar-refractivity contribution >= 4 is 11.3 Å². The standard InChI is InChI=1S/C20H25N3OS/c1-16-6-4-7-17(14-16)15-22(2)11-12-24-20(19-8-5-13-25-19)18-9-10-21-23(18)3/h4-10,13-14,20H,11-12,15H2,1-3H3. The molecule has 0 aliphatic heterocycles. The molecule has 0 amide bonds. The third-order valence-corrected chi connectivity index (χ3v) is 5.14. The molecule has 0 aliphatic carbocycles. The van der Waals surface area contributed by atoms with E-state index in [-0.39, 0.29) is 6.10 Å². The Morgan fingerprint density at radius 1 is 1.24 bits per heavy atom. The second-order valence-corrected chi connectivity index (χ2v) is 7.35. The first kappa shape index (κ1) is 17.9. The summed E-state index contributed by atoms with van der Waals surface area (Å²) >= 11 is 1.72. The van der Waals surface area contributed by atoms with E-state index in [4.69, 9.17) is 4.74 Å². The number of ether oxygens (including phenoxy) is 1. The van der Waals surface area contributed by atoms with Crippen LogP contribution in [-0.2, 0) is 18.3 Å². The van der Waals surface area contributed by atoms with Crippen LogP contribution in [0, 0.1) is 6.92 Å². The first-order chi connectivity index (χ1) is 12.1. The molecular weight excluding hydrogens is 330 g/mol. The van der Waals surface area contributed by atoms with Crippen molar-refractivity contribution in [1.29, 1.82) is 0 Å². The average Bonchev–Trinajstić information content (AvgIpc) is 3.24. The van der Waals surface area contributed by atoms with Crippen molar-refractivity contribution in [2.45, 2.75) is 19.6 Å². The van der Waals surface area contributed by atoms with Gasteiger partial charge in [-0.1, -0.05) is 35.9 Å². The first-order valence-corrected chi connectivity index (χ1v) is 9.38. The van der Waals surface area contributed by atoms with Gasteiger partial charge in [0.25, 0.3) is 0 Å². The summed E-state index contributed by atoms with van der Waals surface area (Å²) in [6, 6.07) is 14.9. The Morgan fingerprint density at radius 3 is 2.80 bits per heavy atom. The van der Waals surface area contributed by atoms with E-state index in [2.05, 4.69) is 65.7 Å². The zero-order valence-corrected chi connectivity index (χ0v) is 15.9. The average molecular weight is 356 g/mol. The highest BCUT2D eigenvalue weighted by atomic mass is 32.1. The number of nitrogens with zero attached hydrogens (tertiary/aromatic N) is 3. The van der Waals surface area contributed by atoms with Gasteiger partial charge in [0.15, 0.2) is 0 Å². The summed E-state index contributed by atoms with van der Waals surface area (Å²) in [6.07, 6.45) is 1.77. The Kier molecular flexibility index (Phi) is 6.02. The molecule has 0 fully saturated rings. The third kappa shape index (κ3) is 4.78. The Labute approximate surface area is 153 Å². The molecule has 0 radical (unpaired) electrons. The predicted octanol–water partition coefficient (Wildman–Crippen LogP) is 4.03. The highest BCUT2D eigenvalue weighted by Crippen LogP contribution is 2.29. The number of likely N-dealkylation sites (N-methyl/N-ethyl adjacent to an activating group) is 1. The Hall–Kier alpha value is -1.95. The van der Waals surface area contributed by atoms with Crippen LogP contribution in [0.3, 0.4) is 0 Å². The lowest BCUT2D eigenvalue weighted by molar-refractivity contribution is 0.0610. The smallest absolute Gasteiger partial charge is 0.133 e. The monoisotopic (exact) mass is 355 g/mol. The van der Waals surface area contributed by atoms with Gasteiger partial charge in [0.2, 0.25) is 0 Å². The van der Waals surface area contributed by atoms with Crippen molar-refractivity contribution in [3.63, 3.8) is 0 Å². The molecule has 4 nitrogen and oxygen atoms in total. The van der Waals surface area contributed by atoms with Gasteiger partial charge in [-0.25, -0.2) is 0 Å². The molecule has 1 unspecified atom stereocenters. The number of hydrogen-bond donors (Lipinski definition) is 0. The van der Waals surface area contributed by atoms with E-state index in [1.807, 2.05) is 24.0 Å². The van der Waals surface area contributed by atoms with Gasteiger partial charge in [-0.3, -0.25) is 9.58 Å². The Bertz CT molecular complexity index is 782. The van der Waals surface area contributed by atoms with Gasteiger partial charge in [-0.2, -0.15) is 5.10 Å². The maximum absolute atomic E-state index is 6.25. The third-order valence-electron chi connectivity index (χ3n) is 4.22. The fraction of sp³-hybridized carbons (Fsp3) is 0.350. The van der Waals surface area contributed by atoms with Crippen LogP contribution in [0.2, 0.25) is 0 Å². The molecule has 0 N–H and O–H groups in total. The van der Waals surface area contributed by atoms with Crippen molar-refractivity contribution in [3.8, 4) is 0 Å². The largest absolute Gasteiger partial charge is 0.365 e. The van der Waals surface area contributed by atoms with Crippen LogP contribution in [-0.4, -0.2) is 34.9 Å². The summed E-state index contributed by atoms with van der Waals surface area (Å²) in [5, 5.41) is 6.37. The molecule has 1 aromatic carbocycles. The van der Waals surface area contributed by atoms with Crippen LogP contribution in [0.5, 0.6) is 0 Å². The number of benzene rings is 1. The molecule has 25 heavy (non-hydrogen) atoms. The van der Waals surface area contributed by atoms with Crippen molar-refractivity contribution in [3.05, 3.63) is 75.7 Å². The van der Waals surface area contributed by atoms with Gasteiger partial charge in [0, 0.05) is 31.2 Å². The molecule has 2 aromatic heterocycles. The molecule has 132 valence electrons. The van der Waals surface area contributed by atoms with Crippen LogP contribution in [0.4, 0.5) is 0 Å². The minimum Gasteiger partial charge on any atom is -0.365 e. The van der Waals surface area contributed by atoms with Crippen LogP contribution >= 0.6 is 11.3 Å². The summed E-state index contributed by atoms with van der Waals surface area (Å²) in [6.45, 7) is 4.62. The normalized spacial score (nSPS) is 12.6. The van der Waals surface area contributed by atoms with Crippen LogP contribution in [0.15, 0.2) is 54.0 Å². The predicted molar refractivity (Wildman–Crippen MR) is 103 cm³/mol.